The first-order chi connectivity index (χ1) is 12.0. The molecule has 0 aliphatic heterocycles. The highest BCUT2D eigenvalue weighted by molar-refractivity contribution is 6.35. The number of hydrogen-bond donors (Lipinski definition) is 2. The van der Waals surface area contributed by atoms with Crippen LogP contribution in [0.5, 0.6) is 11.5 Å². The SMILES string of the molecule is CCCc1c(OC)cc(OC)c(Cl)c1-c1ccc(C(=N)CC)c(N)n1. The second-order valence-electron chi connectivity index (χ2n) is 5.66. The maximum Gasteiger partial charge on any atom is 0.141 e. The summed E-state index contributed by atoms with van der Waals surface area (Å²) in [4.78, 5) is 4.51. The van der Waals surface area contributed by atoms with Crippen molar-refractivity contribution < 1.29 is 9.47 Å². The molecule has 1 heterocycles. The van der Waals surface area contributed by atoms with E-state index in [0.29, 0.717) is 45.7 Å². The lowest BCUT2D eigenvalue weighted by Crippen LogP contribution is -2.06. The molecule has 2 aromatic rings. The number of nitrogens with zero attached hydrogens (tertiary/aromatic N) is 1. The molecule has 134 valence electrons. The minimum atomic E-state index is 0.324. The molecule has 1 aromatic carbocycles. The lowest BCUT2D eigenvalue weighted by molar-refractivity contribution is 0.391. The van der Waals surface area contributed by atoms with E-state index in [1.54, 1.807) is 20.3 Å². The summed E-state index contributed by atoms with van der Waals surface area (Å²) in [6, 6.07) is 5.46. The Labute approximate surface area is 153 Å². The van der Waals surface area contributed by atoms with Gasteiger partial charge in [0.05, 0.1) is 24.9 Å². The number of nitrogens with two attached hydrogens (primary N) is 1. The van der Waals surface area contributed by atoms with Crippen molar-refractivity contribution in [1.29, 1.82) is 5.41 Å². The van der Waals surface area contributed by atoms with Crippen LogP contribution in [0.3, 0.4) is 0 Å². The number of benzene rings is 1. The van der Waals surface area contributed by atoms with Crippen LogP contribution in [0.15, 0.2) is 18.2 Å². The first kappa shape index (κ1) is 19.1. The molecule has 0 unspecified atom stereocenters. The molecule has 3 N–H and O–H groups in total. The lowest BCUT2D eigenvalue weighted by atomic mass is 9.97. The van der Waals surface area contributed by atoms with Crippen LogP contribution in [-0.4, -0.2) is 24.9 Å². The molecule has 0 saturated heterocycles. The average molecular weight is 362 g/mol. The largest absolute Gasteiger partial charge is 0.496 e. The fraction of sp³-hybridized carbons (Fsp3) is 0.368. The quantitative estimate of drug-likeness (QED) is 0.698. The Morgan fingerprint density at radius 2 is 1.88 bits per heavy atom. The molecule has 25 heavy (non-hydrogen) atoms. The number of halogens is 1. The summed E-state index contributed by atoms with van der Waals surface area (Å²) in [6.07, 6.45) is 2.32. The second-order valence-corrected chi connectivity index (χ2v) is 6.04. The van der Waals surface area contributed by atoms with Crippen LogP contribution in [-0.2, 0) is 6.42 Å². The molecule has 0 atom stereocenters. The molecule has 0 aliphatic carbocycles. The van der Waals surface area contributed by atoms with Crippen LogP contribution in [0.1, 0.15) is 37.8 Å². The predicted molar refractivity (Wildman–Crippen MR) is 103 cm³/mol. The highest BCUT2D eigenvalue weighted by Crippen LogP contribution is 2.43. The Bertz CT molecular complexity index is 791. The van der Waals surface area contributed by atoms with Crippen LogP contribution >= 0.6 is 11.6 Å². The Balaban J connectivity index is 2.72. The Hall–Kier alpha value is -2.27. The van der Waals surface area contributed by atoms with Crippen molar-refractivity contribution in [1.82, 2.24) is 4.98 Å². The molecule has 5 nitrogen and oxygen atoms in total. The van der Waals surface area contributed by atoms with Gasteiger partial charge < -0.3 is 20.6 Å². The van der Waals surface area contributed by atoms with Crippen molar-refractivity contribution in [2.75, 3.05) is 20.0 Å². The summed E-state index contributed by atoms with van der Waals surface area (Å²) in [6.45, 7) is 4.01. The number of ether oxygens (including phenoxy) is 2. The molecule has 0 aliphatic rings. The molecule has 0 radical (unpaired) electrons. The average Bonchev–Trinajstić information content (AvgIpc) is 2.61. The van der Waals surface area contributed by atoms with E-state index in [1.807, 2.05) is 19.1 Å². The zero-order valence-corrected chi connectivity index (χ0v) is 15.8. The first-order valence-corrected chi connectivity index (χ1v) is 8.64. The fourth-order valence-corrected chi connectivity index (χ4v) is 3.15. The number of rotatable bonds is 7. The topological polar surface area (TPSA) is 81.2 Å². The third-order valence-electron chi connectivity index (χ3n) is 4.10. The van der Waals surface area contributed by atoms with Gasteiger partial charge in [0.1, 0.15) is 17.3 Å². The van der Waals surface area contributed by atoms with Gasteiger partial charge in [0, 0.05) is 28.5 Å². The minimum Gasteiger partial charge on any atom is -0.496 e. The van der Waals surface area contributed by atoms with Gasteiger partial charge in [0.25, 0.3) is 0 Å². The van der Waals surface area contributed by atoms with Crippen LogP contribution in [0.25, 0.3) is 11.3 Å². The molecule has 0 saturated carbocycles. The van der Waals surface area contributed by atoms with E-state index in [9.17, 15) is 0 Å². The monoisotopic (exact) mass is 361 g/mol. The Kier molecular flexibility index (Phi) is 6.26. The van der Waals surface area contributed by atoms with Crippen LogP contribution in [0.4, 0.5) is 5.82 Å². The van der Waals surface area contributed by atoms with Crippen LogP contribution in [0.2, 0.25) is 5.02 Å². The fourth-order valence-electron chi connectivity index (χ4n) is 2.80. The van der Waals surface area contributed by atoms with E-state index in [4.69, 9.17) is 32.2 Å². The number of nitrogens with one attached hydrogen (secondary N) is 1. The van der Waals surface area contributed by atoms with Crippen molar-refractivity contribution in [3.8, 4) is 22.8 Å². The summed E-state index contributed by atoms with van der Waals surface area (Å²) >= 11 is 6.59. The first-order valence-electron chi connectivity index (χ1n) is 8.26. The van der Waals surface area contributed by atoms with Gasteiger partial charge in [-0.3, -0.25) is 0 Å². The molecule has 2 rings (SSSR count). The number of anilines is 1. The molecule has 0 spiro atoms. The van der Waals surface area contributed by atoms with E-state index in [0.717, 1.165) is 24.0 Å². The van der Waals surface area contributed by atoms with Gasteiger partial charge in [-0.1, -0.05) is 31.9 Å². The van der Waals surface area contributed by atoms with E-state index in [1.165, 1.54) is 0 Å². The van der Waals surface area contributed by atoms with Crippen molar-refractivity contribution in [2.24, 2.45) is 0 Å². The normalized spacial score (nSPS) is 10.6. The lowest BCUT2D eigenvalue weighted by Gasteiger charge is -2.18. The highest BCUT2D eigenvalue weighted by atomic mass is 35.5. The summed E-state index contributed by atoms with van der Waals surface area (Å²) in [7, 11) is 3.19. The Morgan fingerprint density at radius 3 is 2.40 bits per heavy atom. The number of aromatic nitrogens is 1. The summed E-state index contributed by atoms with van der Waals surface area (Å²) in [5.74, 6) is 1.56. The van der Waals surface area contributed by atoms with Gasteiger partial charge in [-0.2, -0.15) is 0 Å². The molecule has 6 heteroatoms. The molecule has 0 bridgehead atoms. The van der Waals surface area contributed by atoms with E-state index < -0.39 is 0 Å². The van der Waals surface area contributed by atoms with Gasteiger partial charge in [-0.15, -0.1) is 0 Å². The van der Waals surface area contributed by atoms with Crippen molar-refractivity contribution in [3.05, 3.63) is 34.3 Å². The van der Waals surface area contributed by atoms with Crippen molar-refractivity contribution in [2.45, 2.75) is 33.1 Å². The van der Waals surface area contributed by atoms with Crippen molar-refractivity contribution in [3.63, 3.8) is 0 Å². The number of nitrogen functional groups attached to an aromatic ring is 1. The zero-order valence-electron chi connectivity index (χ0n) is 15.1. The molecule has 1 aromatic heterocycles. The number of hydrogen-bond acceptors (Lipinski definition) is 5. The summed E-state index contributed by atoms with van der Waals surface area (Å²) in [5, 5.41) is 8.47. The van der Waals surface area contributed by atoms with Crippen LogP contribution < -0.4 is 15.2 Å². The van der Waals surface area contributed by atoms with Gasteiger partial charge >= 0.3 is 0 Å². The van der Waals surface area contributed by atoms with E-state index >= 15 is 0 Å². The smallest absolute Gasteiger partial charge is 0.141 e. The third-order valence-corrected chi connectivity index (χ3v) is 4.47. The van der Waals surface area contributed by atoms with E-state index in [2.05, 4.69) is 11.9 Å². The maximum atomic E-state index is 7.99. The molecule has 0 amide bonds. The standard InChI is InChI=1S/C19H24ClN3O2/c1-5-7-12-15(24-3)10-16(25-4)18(20)17(12)14-9-8-11(13(21)6-2)19(22)23-14/h8-10,21H,5-7H2,1-4H3,(H2,22,23). The van der Waals surface area contributed by atoms with Gasteiger partial charge in [0.15, 0.2) is 0 Å². The molecule has 0 fully saturated rings. The van der Waals surface area contributed by atoms with Gasteiger partial charge in [-0.25, -0.2) is 4.98 Å². The number of methoxy groups -OCH3 is 2. The van der Waals surface area contributed by atoms with Crippen molar-refractivity contribution >= 4 is 23.1 Å². The summed E-state index contributed by atoms with van der Waals surface area (Å²) in [5.41, 5.74) is 9.59. The second kappa shape index (κ2) is 8.21. The Morgan fingerprint density at radius 1 is 1.20 bits per heavy atom. The number of pyridine rings is 1. The maximum absolute atomic E-state index is 7.99. The van der Waals surface area contributed by atoms with Gasteiger partial charge in [0.2, 0.25) is 0 Å². The molecular weight excluding hydrogens is 338 g/mol. The van der Waals surface area contributed by atoms with E-state index in [-0.39, 0.29) is 0 Å². The summed E-state index contributed by atoms with van der Waals surface area (Å²) < 4.78 is 10.9. The zero-order chi connectivity index (χ0) is 18.6. The molecular formula is C19H24ClN3O2. The highest BCUT2D eigenvalue weighted by Gasteiger charge is 2.21. The third kappa shape index (κ3) is 3.71. The van der Waals surface area contributed by atoms with Crippen LogP contribution in [0, 0.1) is 5.41 Å². The minimum absolute atomic E-state index is 0.324. The predicted octanol–water partition coefficient (Wildman–Crippen LogP) is 4.73. The van der Waals surface area contributed by atoms with Gasteiger partial charge in [-0.05, 0) is 25.0 Å².